The molecule has 1 amide bonds. The van der Waals surface area contributed by atoms with Crippen LogP contribution in [0.2, 0.25) is 0 Å². The van der Waals surface area contributed by atoms with Crippen LogP contribution in [0, 0.1) is 25.7 Å². The molecule has 1 unspecified atom stereocenters. The number of ether oxygens (including phenoxy) is 1. The summed E-state index contributed by atoms with van der Waals surface area (Å²) in [7, 11) is 3.09. The molecule has 6 nitrogen and oxygen atoms in total. The number of hydrogen-bond donors (Lipinski definition) is 0. The van der Waals surface area contributed by atoms with Gasteiger partial charge in [0, 0.05) is 30.8 Å². The fourth-order valence-electron chi connectivity index (χ4n) is 4.50. The summed E-state index contributed by atoms with van der Waals surface area (Å²) in [6.45, 7) is 9.79. The first-order valence-corrected chi connectivity index (χ1v) is 10.7. The van der Waals surface area contributed by atoms with E-state index in [0.717, 1.165) is 18.5 Å². The first-order valence-electron chi connectivity index (χ1n) is 10.7. The Bertz CT molecular complexity index is 772. The second kappa shape index (κ2) is 9.59. The Hall–Kier alpha value is -2.11. The van der Waals surface area contributed by atoms with E-state index in [4.69, 9.17) is 4.74 Å². The number of methoxy groups -OCH3 is 1. The molecule has 6 heteroatoms. The molecule has 2 rings (SSSR count). The number of rotatable bonds is 7. The lowest BCUT2D eigenvalue weighted by atomic mass is 9.88. The normalized spacial score (nSPS) is 16.0. The van der Waals surface area contributed by atoms with Gasteiger partial charge in [-0.15, -0.1) is 0 Å². The molecule has 0 radical (unpaired) electrons. The largest absolute Gasteiger partial charge is 0.464 e. The van der Waals surface area contributed by atoms with Crippen LogP contribution in [0.1, 0.15) is 85.0 Å². The van der Waals surface area contributed by atoms with Crippen LogP contribution in [-0.4, -0.2) is 46.8 Å². The lowest BCUT2D eigenvalue weighted by Gasteiger charge is -2.34. The van der Waals surface area contributed by atoms with Crippen LogP contribution in [0.15, 0.2) is 0 Å². The van der Waals surface area contributed by atoms with Gasteiger partial charge in [0.1, 0.15) is 5.69 Å². The zero-order valence-corrected chi connectivity index (χ0v) is 19.0. The van der Waals surface area contributed by atoms with Crippen molar-refractivity contribution in [3.05, 3.63) is 22.5 Å². The number of amides is 1. The van der Waals surface area contributed by atoms with Crippen LogP contribution in [-0.2, 0) is 16.6 Å². The van der Waals surface area contributed by atoms with E-state index in [1.165, 1.54) is 26.4 Å². The molecule has 1 saturated carbocycles. The van der Waals surface area contributed by atoms with Crippen molar-refractivity contribution in [2.24, 2.45) is 18.9 Å². The van der Waals surface area contributed by atoms with Gasteiger partial charge in [0.2, 0.25) is 5.91 Å². The quantitative estimate of drug-likeness (QED) is 0.507. The molecule has 0 saturated heterocycles. The molecule has 1 atom stereocenters. The Morgan fingerprint density at radius 2 is 1.69 bits per heavy atom. The topological polar surface area (TPSA) is 68.6 Å². The molecule has 0 bridgehead atoms. The second-order valence-corrected chi connectivity index (χ2v) is 8.67. The van der Waals surface area contributed by atoms with Gasteiger partial charge in [0.15, 0.2) is 5.78 Å². The van der Waals surface area contributed by atoms with E-state index in [2.05, 4.69) is 0 Å². The van der Waals surface area contributed by atoms with E-state index < -0.39 is 12.0 Å². The fraction of sp³-hybridized carbons (Fsp3) is 0.696. The Balaban J connectivity index is 2.37. The summed E-state index contributed by atoms with van der Waals surface area (Å²) in [6, 6.07) is -0.572. The fourth-order valence-corrected chi connectivity index (χ4v) is 4.50. The molecule has 1 aliphatic carbocycles. The Morgan fingerprint density at radius 1 is 1.10 bits per heavy atom. The molecule has 29 heavy (non-hydrogen) atoms. The van der Waals surface area contributed by atoms with Crippen molar-refractivity contribution in [1.29, 1.82) is 0 Å². The number of nitrogens with zero attached hydrogens (tertiary/aromatic N) is 2. The number of aromatic nitrogens is 1. The number of esters is 1. The summed E-state index contributed by atoms with van der Waals surface area (Å²) in [5.41, 5.74) is 2.23. The van der Waals surface area contributed by atoms with Gasteiger partial charge in [-0.1, -0.05) is 33.1 Å². The maximum atomic E-state index is 13.5. The highest BCUT2D eigenvalue weighted by Crippen LogP contribution is 2.28. The van der Waals surface area contributed by atoms with Crippen LogP contribution in [0.25, 0.3) is 0 Å². The Kier molecular flexibility index (Phi) is 7.66. The average molecular weight is 405 g/mol. The maximum Gasteiger partial charge on any atom is 0.354 e. The van der Waals surface area contributed by atoms with Crippen molar-refractivity contribution in [3.8, 4) is 0 Å². The monoisotopic (exact) mass is 404 g/mol. The molecule has 1 aliphatic rings. The Morgan fingerprint density at radius 3 is 2.21 bits per heavy atom. The van der Waals surface area contributed by atoms with Gasteiger partial charge in [-0.3, -0.25) is 9.59 Å². The summed E-state index contributed by atoms with van der Waals surface area (Å²) in [5, 5.41) is 0. The standard InChI is InChI=1S/C23H36N2O4/c1-14(2)22(27)25(13-18-11-9-8-10-12-18)17(5)21(26)19-15(3)20(23(28)29-7)24(6)16(19)4/h14,17-18H,8-13H2,1-7H3. The minimum atomic E-state index is -0.572. The third kappa shape index (κ3) is 4.73. The average Bonchev–Trinajstić information content (AvgIpc) is 2.93. The van der Waals surface area contributed by atoms with Gasteiger partial charge in [-0.25, -0.2) is 4.79 Å². The second-order valence-electron chi connectivity index (χ2n) is 8.67. The third-order valence-electron chi connectivity index (χ3n) is 6.36. The van der Waals surface area contributed by atoms with Crippen molar-refractivity contribution < 1.29 is 19.1 Å². The van der Waals surface area contributed by atoms with E-state index in [0.29, 0.717) is 29.3 Å². The molecule has 1 heterocycles. The highest BCUT2D eigenvalue weighted by Gasteiger charge is 2.34. The summed E-state index contributed by atoms with van der Waals surface area (Å²) in [6.07, 6.45) is 5.85. The van der Waals surface area contributed by atoms with Crippen molar-refractivity contribution >= 4 is 17.7 Å². The minimum Gasteiger partial charge on any atom is -0.464 e. The number of ketones is 1. The van der Waals surface area contributed by atoms with Gasteiger partial charge in [-0.05, 0) is 45.1 Å². The Labute approximate surface area is 174 Å². The van der Waals surface area contributed by atoms with Crippen LogP contribution in [0.3, 0.4) is 0 Å². The summed E-state index contributed by atoms with van der Waals surface area (Å²) in [4.78, 5) is 40.5. The van der Waals surface area contributed by atoms with E-state index in [-0.39, 0.29) is 17.6 Å². The lowest BCUT2D eigenvalue weighted by Crippen LogP contribution is -2.47. The first-order chi connectivity index (χ1) is 13.6. The van der Waals surface area contributed by atoms with Crippen molar-refractivity contribution in [2.75, 3.05) is 13.7 Å². The molecule has 0 aromatic carbocycles. The molecule has 0 spiro atoms. The van der Waals surface area contributed by atoms with Gasteiger partial charge in [0.05, 0.1) is 13.2 Å². The first kappa shape index (κ1) is 23.2. The number of Topliss-reactive ketones (excluding diaryl/α,β-unsaturated/α-hetero) is 1. The predicted molar refractivity (Wildman–Crippen MR) is 113 cm³/mol. The van der Waals surface area contributed by atoms with E-state index in [9.17, 15) is 14.4 Å². The van der Waals surface area contributed by atoms with Crippen LogP contribution in [0.5, 0.6) is 0 Å². The number of carbonyl (C=O) groups excluding carboxylic acids is 3. The van der Waals surface area contributed by atoms with Gasteiger partial charge in [0.25, 0.3) is 0 Å². The summed E-state index contributed by atoms with van der Waals surface area (Å²) < 4.78 is 6.59. The zero-order valence-electron chi connectivity index (χ0n) is 19.0. The van der Waals surface area contributed by atoms with Gasteiger partial charge in [-0.2, -0.15) is 0 Å². The van der Waals surface area contributed by atoms with Crippen LogP contribution >= 0.6 is 0 Å². The lowest BCUT2D eigenvalue weighted by molar-refractivity contribution is -0.136. The summed E-state index contributed by atoms with van der Waals surface area (Å²) in [5.74, 6) is -0.286. The number of hydrogen-bond acceptors (Lipinski definition) is 4. The van der Waals surface area contributed by atoms with Gasteiger partial charge >= 0.3 is 5.97 Å². The molecule has 0 aliphatic heterocycles. The van der Waals surface area contributed by atoms with Crippen LogP contribution in [0.4, 0.5) is 0 Å². The molecule has 162 valence electrons. The van der Waals surface area contributed by atoms with Crippen molar-refractivity contribution in [3.63, 3.8) is 0 Å². The highest BCUT2D eigenvalue weighted by molar-refractivity contribution is 6.06. The van der Waals surface area contributed by atoms with Crippen LogP contribution < -0.4 is 0 Å². The van der Waals surface area contributed by atoms with Crippen molar-refractivity contribution in [2.45, 2.75) is 72.8 Å². The van der Waals surface area contributed by atoms with E-state index in [1.807, 2.05) is 27.7 Å². The third-order valence-corrected chi connectivity index (χ3v) is 6.36. The zero-order chi connectivity index (χ0) is 21.9. The minimum absolute atomic E-state index is 0.0100. The molecule has 1 aromatic heterocycles. The molecule has 1 fully saturated rings. The van der Waals surface area contributed by atoms with E-state index >= 15 is 0 Å². The van der Waals surface area contributed by atoms with Crippen molar-refractivity contribution in [1.82, 2.24) is 9.47 Å². The maximum absolute atomic E-state index is 13.5. The predicted octanol–water partition coefficient (Wildman–Crippen LogP) is 4.06. The summed E-state index contributed by atoms with van der Waals surface area (Å²) >= 11 is 0. The van der Waals surface area contributed by atoms with Gasteiger partial charge < -0.3 is 14.2 Å². The van der Waals surface area contributed by atoms with E-state index in [1.54, 1.807) is 23.4 Å². The molecular weight excluding hydrogens is 368 g/mol. The molecular formula is C23H36N2O4. The number of carbonyl (C=O) groups is 3. The highest BCUT2D eigenvalue weighted by atomic mass is 16.5. The smallest absolute Gasteiger partial charge is 0.354 e. The molecule has 1 aromatic rings. The SMILES string of the molecule is COC(=O)c1c(C)c(C(=O)C(C)N(CC2CCCCC2)C(=O)C(C)C)c(C)n1C. The molecule has 0 N–H and O–H groups in total.